The topological polar surface area (TPSA) is 46.2 Å². The third kappa shape index (κ3) is 3.92. The lowest BCUT2D eigenvalue weighted by Crippen LogP contribution is -2.64. The quantitative estimate of drug-likeness (QED) is 0.195. The Kier molecular flexibility index (Phi) is 6.07. The third-order valence-electron chi connectivity index (χ3n) is 12.2. The van der Waals surface area contributed by atoms with Crippen LogP contribution in [0, 0.1) is 0 Å². The SMILES string of the molecule is CSN1c2cc3c(cc2B2c4ccccc4Oc4cccc1c42)B1c2cc4c(cc2Oc2cccc(c21)N3SC)Nc1cccc2c1B4c1ccccc1O2. The van der Waals surface area contributed by atoms with Gasteiger partial charge in [0.2, 0.25) is 0 Å². The molecule has 0 aliphatic carbocycles. The lowest BCUT2D eigenvalue weighted by Gasteiger charge is -2.43. The van der Waals surface area contributed by atoms with Crippen molar-refractivity contribution in [2.45, 2.75) is 0 Å². The molecule has 0 saturated heterocycles. The lowest BCUT2D eigenvalue weighted by molar-refractivity contribution is 0.487. The molecule has 0 amide bonds. The van der Waals surface area contributed by atoms with E-state index in [9.17, 15) is 0 Å². The number of ether oxygens (including phenoxy) is 3. The van der Waals surface area contributed by atoms with Crippen LogP contribution in [0.3, 0.4) is 0 Å². The number of fused-ring (bicyclic) bond motifs is 12. The molecule has 0 fully saturated rings. The zero-order chi connectivity index (χ0) is 36.1. The highest BCUT2D eigenvalue weighted by molar-refractivity contribution is 8.00. The first-order chi connectivity index (χ1) is 27.2. The molecule has 0 radical (unpaired) electrons. The van der Waals surface area contributed by atoms with Crippen LogP contribution in [0.25, 0.3) is 0 Å². The van der Waals surface area contributed by atoms with E-state index in [4.69, 9.17) is 14.2 Å². The molecule has 0 saturated carbocycles. The van der Waals surface area contributed by atoms with Crippen molar-refractivity contribution in [2.75, 3.05) is 26.4 Å². The molecule has 0 atom stereocenters. The molecule has 0 unspecified atom stereocenters. The Labute approximate surface area is 328 Å². The largest absolute Gasteiger partial charge is 0.458 e. The summed E-state index contributed by atoms with van der Waals surface area (Å²) in [5.41, 5.74) is 17.9. The van der Waals surface area contributed by atoms with Gasteiger partial charge in [-0.3, -0.25) is 8.61 Å². The first kappa shape index (κ1) is 30.5. The van der Waals surface area contributed by atoms with Crippen LogP contribution in [0.5, 0.6) is 34.5 Å². The predicted molar refractivity (Wildman–Crippen MR) is 234 cm³/mol. The maximum Gasteiger partial charge on any atom is 0.256 e. The Morgan fingerprint density at radius 1 is 0.400 bits per heavy atom. The molecule has 1 N–H and O–H groups in total. The number of benzene rings is 7. The minimum Gasteiger partial charge on any atom is -0.458 e. The highest BCUT2D eigenvalue weighted by Gasteiger charge is 2.48. The summed E-state index contributed by atoms with van der Waals surface area (Å²) in [5.74, 6) is 5.45. The maximum atomic E-state index is 6.94. The molecule has 0 spiro atoms. The fourth-order valence-corrected chi connectivity index (χ4v) is 11.6. The minimum atomic E-state index is -0.0508. The summed E-state index contributed by atoms with van der Waals surface area (Å²) in [5, 5.41) is 3.78. The molecule has 6 aliphatic rings. The molecule has 6 heterocycles. The number of hydrogen-bond donors (Lipinski definition) is 1. The maximum absolute atomic E-state index is 6.94. The molecule has 11 heteroatoms. The van der Waals surface area contributed by atoms with Gasteiger partial charge in [0.05, 0.1) is 11.4 Å². The van der Waals surface area contributed by atoms with E-state index in [0.29, 0.717) is 0 Å². The summed E-state index contributed by atoms with van der Waals surface area (Å²) in [4.78, 5) is 0. The van der Waals surface area contributed by atoms with E-state index < -0.39 is 0 Å². The van der Waals surface area contributed by atoms with Gasteiger partial charge in [0.25, 0.3) is 20.1 Å². The van der Waals surface area contributed by atoms with Crippen LogP contribution < -0.4 is 77.3 Å². The Hall–Kier alpha value is -5.77. The highest BCUT2D eigenvalue weighted by Crippen LogP contribution is 2.44. The highest BCUT2D eigenvalue weighted by atomic mass is 32.2. The fourth-order valence-electron chi connectivity index (χ4n) is 10.1. The normalized spacial score (nSPS) is 14.9. The number of rotatable bonds is 2. The average molecular weight is 743 g/mol. The second kappa shape index (κ2) is 10.9. The van der Waals surface area contributed by atoms with Crippen LogP contribution in [0.15, 0.2) is 127 Å². The van der Waals surface area contributed by atoms with Crippen molar-refractivity contribution >= 4 is 127 Å². The lowest BCUT2D eigenvalue weighted by atomic mass is 9.30. The zero-order valence-corrected chi connectivity index (χ0v) is 31.4. The van der Waals surface area contributed by atoms with Gasteiger partial charge in [-0.05, 0) is 128 Å². The third-order valence-corrected chi connectivity index (χ3v) is 13.8. The van der Waals surface area contributed by atoms with Crippen LogP contribution >= 0.6 is 23.9 Å². The van der Waals surface area contributed by atoms with Gasteiger partial charge in [0, 0.05) is 41.3 Å². The average Bonchev–Trinajstić information content (AvgIpc) is 3.22. The van der Waals surface area contributed by atoms with Crippen molar-refractivity contribution in [3.8, 4) is 34.5 Å². The van der Waals surface area contributed by atoms with Crippen LogP contribution in [-0.4, -0.2) is 32.6 Å². The molecule has 6 aliphatic heterocycles. The Morgan fingerprint density at radius 3 is 1.51 bits per heavy atom. The molecule has 7 aromatic rings. The summed E-state index contributed by atoms with van der Waals surface area (Å²) in [7, 11) is 0. The summed E-state index contributed by atoms with van der Waals surface area (Å²) < 4.78 is 24.8. The van der Waals surface area contributed by atoms with Gasteiger partial charge in [-0.15, -0.1) is 0 Å². The number of anilines is 6. The Balaban J connectivity index is 1.08. The van der Waals surface area contributed by atoms with Crippen molar-refractivity contribution in [2.24, 2.45) is 0 Å². The van der Waals surface area contributed by atoms with Crippen LogP contribution in [0.2, 0.25) is 0 Å². The molecular weight excluding hydrogens is 715 g/mol. The molecule has 6 nitrogen and oxygen atoms in total. The zero-order valence-electron chi connectivity index (χ0n) is 29.8. The Bertz CT molecular complexity index is 2890. The molecule has 55 heavy (non-hydrogen) atoms. The second-order valence-corrected chi connectivity index (χ2v) is 16.3. The van der Waals surface area contributed by atoms with Crippen molar-refractivity contribution in [3.63, 3.8) is 0 Å². The second-order valence-electron chi connectivity index (χ2n) is 14.8. The molecule has 13 rings (SSSR count). The predicted octanol–water partition coefficient (Wildman–Crippen LogP) is 5.07. The summed E-state index contributed by atoms with van der Waals surface area (Å²) in [6, 6.07) is 45.9. The molecule has 0 aromatic heterocycles. The van der Waals surface area contributed by atoms with Gasteiger partial charge in [-0.1, -0.05) is 66.7 Å². The van der Waals surface area contributed by atoms with Gasteiger partial charge in [0.15, 0.2) is 0 Å². The van der Waals surface area contributed by atoms with Gasteiger partial charge in [0.1, 0.15) is 34.5 Å². The van der Waals surface area contributed by atoms with Crippen molar-refractivity contribution < 1.29 is 14.2 Å². The monoisotopic (exact) mass is 743 g/mol. The summed E-state index contributed by atoms with van der Waals surface area (Å²) in [6.07, 6.45) is 4.33. The molecule has 258 valence electrons. The van der Waals surface area contributed by atoms with Crippen molar-refractivity contribution in [1.29, 1.82) is 0 Å². The van der Waals surface area contributed by atoms with Gasteiger partial charge in [-0.2, -0.15) is 0 Å². The van der Waals surface area contributed by atoms with Crippen molar-refractivity contribution in [1.82, 2.24) is 0 Å². The van der Waals surface area contributed by atoms with Crippen molar-refractivity contribution in [3.05, 3.63) is 127 Å². The minimum absolute atomic E-state index is 0.0208. The number of nitrogens with zero attached hydrogens (tertiary/aromatic N) is 2. The standard InChI is InChI=1S/C44H28B3N3O3S2/c1-54-49-32-13-8-18-39-43(32)46(25-11-4-6-16-37(25)52-39)27-21-28-35(23-34(27)49)50(55-2)33-14-9-19-40-44(33)47(28)29-20-26-31(22-41(29)53-40)48-30-12-7-17-38-42(30)45(26)24-10-3-5-15-36(24)51-38/h3-23,48H,1-2H3. The smallest absolute Gasteiger partial charge is 0.256 e. The first-order valence-electron chi connectivity index (χ1n) is 18.6. The van der Waals surface area contributed by atoms with Gasteiger partial charge < -0.3 is 19.5 Å². The number of para-hydroxylation sites is 2. The van der Waals surface area contributed by atoms with E-state index in [1.807, 2.05) is 0 Å². The van der Waals surface area contributed by atoms with E-state index in [2.05, 4.69) is 154 Å². The van der Waals surface area contributed by atoms with Crippen LogP contribution in [-0.2, 0) is 0 Å². The Morgan fingerprint density at radius 2 is 0.891 bits per heavy atom. The van der Waals surface area contributed by atoms with E-state index in [-0.39, 0.29) is 20.1 Å². The van der Waals surface area contributed by atoms with Crippen LogP contribution in [0.1, 0.15) is 0 Å². The molecular formula is C44H28B3N3O3S2. The summed E-state index contributed by atoms with van der Waals surface area (Å²) >= 11 is 3.48. The van der Waals surface area contributed by atoms with Gasteiger partial charge >= 0.3 is 0 Å². The van der Waals surface area contributed by atoms with E-state index >= 15 is 0 Å². The molecule has 7 aromatic carbocycles. The fraction of sp³-hybridized carbons (Fsp3) is 0.0455. The van der Waals surface area contributed by atoms with Crippen LogP contribution in [0.4, 0.5) is 34.1 Å². The van der Waals surface area contributed by atoms with E-state index in [1.165, 1.54) is 71.9 Å². The summed E-state index contributed by atoms with van der Waals surface area (Å²) in [6.45, 7) is -0.00233. The molecule has 0 bridgehead atoms. The number of hydrogen-bond acceptors (Lipinski definition) is 8. The van der Waals surface area contributed by atoms with E-state index in [0.717, 1.165) is 45.9 Å². The number of nitrogens with one attached hydrogen (secondary N) is 1. The van der Waals surface area contributed by atoms with E-state index in [1.54, 1.807) is 23.9 Å². The first-order valence-corrected chi connectivity index (χ1v) is 21.0. The van der Waals surface area contributed by atoms with Gasteiger partial charge in [-0.25, -0.2) is 0 Å².